The summed E-state index contributed by atoms with van der Waals surface area (Å²) in [6, 6.07) is 33.3. The summed E-state index contributed by atoms with van der Waals surface area (Å²) in [7, 11) is 4.00. The minimum atomic E-state index is -1.31. The topological polar surface area (TPSA) is 95.4 Å². The van der Waals surface area contributed by atoms with E-state index in [1.54, 1.807) is 0 Å². The van der Waals surface area contributed by atoms with E-state index in [1.165, 1.54) is 0 Å². The third-order valence-corrected chi connectivity index (χ3v) is 8.22. The second kappa shape index (κ2) is 15.7. The molecule has 1 aliphatic heterocycles. The number of carbonyl (C=O) groups is 1. The number of aliphatic hydroxyl groups excluding tert-OH is 1. The molecule has 0 aromatic heterocycles. The first-order valence-electron chi connectivity index (χ1n) is 15.3. The number of rotatable bonds is 14. The molecule has 46 heavy (non-hydrogen) atoms. The van der Waals surface area contributed by atoms with Crippen molar-refractivity contribution in [1.29, 1.82) is 0 Å². The van der Waals surface area contributed by atoms with Crippen LogP contribution < -0.4 is 20.5 Å². The van der Waals surface area contributed by atoms with Gasteiger partial charge in [-0.25, -0.2) is 10.4 Å². The number of hydrogen-bond acceptors (Lipinski definition) is 7. The van der Waals surface area contributed by atoms with Gasteiger partial charge in [0.1, 0.15) is 5.75 Å². The maximum atomic E-state index is 14.3. The quantitative estimate of drug-likeness (QED) is 0.104. The largest absolute Gasteiger partial charge is 0.494 e. The third-order valence-electron chi connectivity index (χ3n) is 7.69. The van der Waals surface area contributed by atoms with Crippen molar-refractivity contribution in [1.82, 2.24) is 10.9 Å². The van der Waals surface area contributed by atoms with E-state index in [1.807, 2.05) is 134 Å². The monoisotopic (exact) mass is 682 g/mol. The number of carbonyl (C=O) groups excluding carboxylic acids is 1. The summed E-state index contributed by atoms with van der Waals surface area (Å²) in [4.78, 5) is 21.4. The van der Waals surface area contributed by atoms with Crippen LogP contribution in [0.1, 0.15) is 41.2 Å². The molecule has 0 aliphatic carbocycles. The average Bonchev–Trinajstić information content (AvgIpc) is 3.47. The van der Waals surface area contributed by atoms with E-state index >= 15 is 0 Å². The molecule has 0 unspecified atom stereocenters. The second-order valence-electron chi connectivity index (χ2n) is 11.2. The standard InChI is InChI=1S/C37H39BrN4O4/c1-42(2)32-19-11-28(12-20-32)26-39-41-36(44)37(23-6-10-27-8-4-3-5-9-27)34(29-13-17-31(38)18-14-29)46-35(40-37)30-15-21-33(22-16-30)45-25-7-24-43/h3-6,8-22,34,39,43H,7,23-26H2,1-2H3,(H,41,44)/b10-6+/t34-,37-/m0/s1. The van der Waals surface area contributed by atoms with Gasteiger partial charge < -0.3 is 19.5 Å². The summed E-state index contributed by atoms with van der Waals surface area (Å²) in [5.74, 6) is 0.747. The van der Waals surface area contributed by atoms with Crippen LogP contribution in [0.3, 0.4) is 0 Å². The van der Waals surface area contributed by atoms with Gasteiger partial charge in [0.15, 0.2) is 11.6 Å². The van der Waals surface area contributed by atoms with Crippen LogP contribution >= 0.6 is 15.9 Å². The fraction of sp³-hybridized carbons (Fsp3) is 0.243. The van der Waals surface area contributed by atoms with Gasteiger partial charge in [-0.15, -0.1) is 0 Å². The number of nitrogens with one attached hydrogen (secondary N) is 2. The predicted octanol–water partition coefficient (Wildman–Crippen LogP) is 6.46. The summed E-state index contributed by atoms with van der Waals surface area (Å²) in [6.45, 7) is 0.927. The number of ether oxygens (including phenoxy) is 2. The highest BCUT2D eigenvalue weighted by atomic mass is 79.9. The van der Waals surface area contributed by atoms with Gasteiger partial charge in [0.2, 0.25) is 5.90 Å². The zero-order chi connectivity index (χ0) is 32.4. The highest BCUT2D eigenvalue weighted by molar-refractivity contribution is 9.10. The lowest BCUT2D eigenvalue weighted by Crippen LogP contribution is -2.52. The number of aliphatic hydroxyl groups is 1. The number of hydrazine groups is 1. The Morgan fingerprint density at radius 1 is 1.00 bits per heavy atom. The maximum absolute atomic E-state index is 14.3. The predicted molar refractivity (Wildman–Crippen MR) is 187 cm³/mol. The summed E-state index contributed by atoms with van der Waals surface area (Å²) in [5.41, 5.74) is 9.47. The Labute approximate surface area is 278 Å². The molecule has 1 aliphatic rings. The van der Waals surface area contributed by atoms with Crippen molar-refractivity contribution in [3.63, 3.8) is 0 Å². The Bertz CT molecular complexity index is 1630. The molecule has 0 radical (unpaired) electrons. The third kappa shape index (κ3) is 8.23. The molecule has 5 rings (SSSR count). The van der Waals surface area contributed by atoms with E-state index in [4.69, 9.17) is 19.6 Å². The number of anilines is 1. The van der Waals surface area contributed by atoms with Crippen molar-refractivity contribution in [2.45, 2.75) is 31.0 Å². The minimum absolute atomic E-state index is 0.0701. The van der Waals surface area contributed by atoms with Gasteiger partial charge in [-0.05, 0) is 65.2 Å². The minimum Gasteiger partial charge on any atom is -0.494 e. The summed E-state index contributed by atoms with van der Waals surface area (Å²) in [5, 5.41) is 9.07. The Balaban J connectivity index is 1.46. The Kier molecular flexibility index (Phi) is 11.3. The van der Waals surface area contributed by atoms with Crippen LogP contribution in [0.2, 0.25) is 0 Å². The van der Waals surface area contributed by atoms with Gasteiger partial charge in [0, 0.05) is 55.8 Å². The van der Waals surface area contributed by atoms with Crippen LogP contribution in [-0.2, 0) is 16.1 Å². The Morgan fingerprint density at radius 2 is 1.72 bits per heavy atom. The molecule has 2 atom stereocenters. The average molecular weight is 684 g/mol. The maximum Gasteiger partial charge on any atom is 0.266 e. The SMILES string of the molecule is CN(C)c1ccc(CNNC(=O)[C@@]2(C/C=C/c3ccccc3)N=C(c3ccc(OCCCO)cc3)O[C@H]2c2ccc(Br)cc2)cc1. The molecule has 9 heteroatoms. The van der Waals surface area contributed by atoms with Crippen molar-refractivity contribution in [2.75, 3.05) is 32.2 Å². The van der Waals surface area contributed by atoms with Crippen LogP contribution in [0.15, 0.2) is 119 Å². The van der Waals surface area contributed by atoms with Crippen molar-refractivity contribution >= 4 is 39.5 Å². The van der Waals surface area contributed by atoms with Gasteiger partial charge in [0.05, 0.1) is 6.61 Å². The van der Waals surface area contributed by atoms with Crippen molar-refractivity contribution < 1.29 is 19.4 Å². The lowest BCUT2D eigenvalue weighted by atomic mass is 9.84. The van der Waals surface area contributed by atoms with E-state index in [0.717, 1.165) is 32.4 Å². The highest BCUT2D eigenvalue weighted by Crippen LogP contribution is 2.43. The van der Waals surface area contributed by atoms with Gasteiger partial charge in [-0.2, -0.15) is 0 Å². The van der Waals surface area contributed by atoms with E-state index in [-0.39, 0.29) is 12.5 Å². The van der Waals surface area contributed by atoms with Crippen LogP contribution in [0.4, 0.5) is 5.69 Å². The van der Waals surface area contributed by atoms with Gasteiger partial charge >= 0.3 is 0 Å². The van der Waals surface area contributed by atoms with Gasteiger partial charge in [-0.1, -0.05) is 82.7 Å². The fourth-order valence-corrected chi connectivity index (χ4v) is 5.40. The van der Waals surface area contributed by atoms with Crippen LogP contribution in [0, 0.1) is 0 Å². The molecule has 4 aromatic rings. The number of nitrogens with zero attached hydrogens (tertiary/aromatic N) is 2. The molecule has 4 aromatic carbocycles. The zero-order valence-electron chi connectivity index (χ0n) is 26.0. The number of benzene rings is 4. The molecular weight excluding hydrogens is 644 g/mol. The zero-order valence-corrected chi connectivity index (χ0v) is 27.6. The first-order valence-corrected chi connectivity index (χ1v) is 16.0. The molecule has 3 N–H and O–H groups in total. The fourth-order valence-electron chi connectivity index (χ4n) is 5.14. The van der Waals surface area contributed by atoms with Crippen molar-refractivity contribution in [3.05, 3.63) is 136 Å². The molecule has 0 fully saturated rings. The number of halogens is 1. The van der Waals surface area contributed by atoms with Gasteiger partial charge in [-0.3, -0.25) is 10.2 Å². The van der Waals surface area contributed by atoms with Crippen LogP contribution in [0.25, 0.3) is 6.08 Å². The summed E-state index contributed by atoms with van der Waals surface area (Å²) < 4.78 is 13.2. The van der Waals surface area contributed by atoms with E-state index in [9.17, 15) is 4.79 Å². The molecular formula is C37H39BrN4O4. The number of amides is 1. The Morgan fingerprint density at radius 3 is 2.39 bits per heavy atom. The molecule has 0 saturated heterocycles. The Hall–Kier alpha value is -4.44. The van der Waals surface area contributed by atoms with Gasteiger partial charge in [0.25, 0.3) is 5.91 Å². The molecule has 8 nitrogen and oxygen atoms in total. The lowest BCUT2D eigenvalue weighted by Gasteiger charge is -2.30. The highest BCUT2D eigenvalue weighted by Gasteiger charge is 2.52. The van der Waals surface area contributed by atoms with Crippen molar-refractivity contribution in [2.24, 2.45) is 4.99 Å². The summed E-state index contributed by atoms with van der Waals surface area (Å²) >= 11 is 3.53. The first-order chi connectivity index (χ1) is 22.4. The molecule has 1 heterocycles. The molecule has 0 spiro atoms. The van der Waals surface area contributed by atoms with Crippen LogP contribution in [0.5, 0.6) is 5.75 Å². The molecule has 0 bridgehead atoms. The number of aliphatic imine (C=N–C) groups is 1. The molecule has 0 saturated carbocycles. The van der Waals surface area contributed by atoms with Crippen molar-refractivity contribution in [3.8, 4) is 5.75 Å². The van der Waals surface area contributed by atoms with E-state index in [0.29, 0.717) is 37.6 Å². The first kappa shape index (κ1) is 32.9. The molecule has 238 valence electrons. The summed E-state index contributed by atoms with van der Waals surface area (Å²) in [6.07, 6.45) is 4.13. The van der Waals surface area contributed by atoms with Crippen LogP contribution in [-0.4, -0.2) is 49.8 Å². The normalized spacial score (nSPS) is 17.4. The smallest absolute Gasteiger partial charge is 0.266 e. The van der Waals surface area contributed by atoms with E-state index < -0.39 is 11.6 Å². The lowest BCUT2D eigenvalue weighted by molar-refractivity contribution is -0.129. The van der Waals surface area contributed by atoms with E-state index in [2.05, 4.69) is 26.8 Å². The second-order valence-corrected chi connectivity index (χ2v) is 12.1. The number of hydrogen-bond donors (Lipinski definition) is 3. The molecule has 1 amide bonds.